The van der Waals surface area contributed by atoms with Gasteiger partial charge in [-0.2, -0.15) is 0 Å². The van der Waals surface area contributed by atoms with Crippen LogP contribution in [0.1, 0.15) is 37.7 Å². The summed E-state index contributed by atoms with van der Waals surface area (Å²) >= 11 is 0. The molecule has 1 aliphatic heterocycles. The highest BCUT2D eigenvalue weighted by Gasteiger charge is 2.46. The molecule has 2 atom stereocenters. The monoisotopic (exact) mass is 344 g/mol. The Balaban J connectivity index is 1.40. The predicted molar refractivity (Wildman–Crippen MR) is 96.2 cm³/mol. The molecule has 2 aliphatic rings. The standard InChI is InChI=1S/C20H28N2O3/c1-2-3-13-25-15-19(23)21-9-11-22(12-10-21)20(24)18-14-17(18)16-7-5-4-6-8-16/h4-8,17-18H,2-3,9-15H2,1H3/t17-,18+/m0/s1. The summed E-state index contributed by atoms with van der Waals surface area (Å²) in [6.45, 7) is 5.41. The average molecular weight is 344 g/mol. The van der Waals surface area contributed by atoms with E-state index in [1.54, 1.807) is 0 Å². The fourth-order valence-electron chi connectivity index (χ4n) is 3.44. The first-order valence-corrected chi connectivity index (χ1v) is 9.40. The number of unbranched alkanes of at least 4 members (excludes halogenated alkanes) is 1. The molecule has 1 aromatic rings. The molecule has 1 saturated heterocycles. The van der Waals surface area contributed by atoms with Crippen LogP contribution in [0.25, 0.3) is 0 Å². The van der Waals surface area contributed by atoms with Gasteiger partial charge in [-0.3, -0.25) is 9.59 Å². The Bertz CT molecular complexity index is 582. The maximum absolute atomic E-state index is 12.7. The molecule has 1 heterocycles. The van der Waals surface area contributed by atoms with Crippen LogP contribution in [0.2, 0.25) is 0 Å². The van der Waals surface area contributed by atoms with Crippen molar-refractivity contribution in [1.82, 2.24) is 9.80 Å². The summed E-state index contributed by atoms with van der Waals surface area (Å²) in [5, 5.41) is 0. The third-order valence-corrected chi connectivity index (χ3v) is 5.15. The molecule has 25 heavy (non-hydrogen) atoms. The lowest BCUT2D eigenvalue weighted by Crippen LogP contribution is -2.51. The van der Waals surface area contributed by atoms with Gasteiger partial charge in [0.25, 0.3) is 0 Å². The molecule has 3 rings (SSSR count). The molecule has 0 N–H and O–H groups in total. The fraction of sp³-hybridized carbons (Fsp3) is 0.600. The van der Waals surface area contributed by atoms with Gasteiger partial charge in [0.05, 0.1) is 0 Å². The van der Waals surface area contributed by atoms with E-state index in [4.69, 9.17) is 4.74 Å². The Morgan fingerprint density at radius 3 is 2.44 bits per heavy atom. The molecular formula is C20H28N2O3. The first-order chi connectivity index (χ1) is 12.2. The number of carbonyl (C=O) groups excluding carboxylic acids is 2. The summed E-state index contributed by atoms with van der Waals surface area (Å²) in [5.41, 5.74) is 1.26. The zero-order valence-corrected chi connectivity index (χ0v) is 15.0. The van der Waals surface area contributed by atoms with Crippen LogP contribution >= 0.6 is 0 Å². The molecule has 0 bridgehead atoms. The molecule has 0 radical (unpaired) electrons. The summed E-state index contributed by atoms with van der Waals surface area (Å²) < 4.78 is 5.40. The molecule has 5 nitrogen and oxygen atoms in total. The van der Waals surface area contributed by atoms with Gasteiger partial charge in [0.2, 0.25) is 11.8 Å². The van der Waals surface area contributed by atoms with Crippen molar-refractivity contribution in [3.8, 4) is 0 Å². The first kappa shape index (κ1) is 17.9. The number of carbonyl (C=O) groups is 2. The number of hydrogen-bond donors (Lipinski definition) is 0. The Hall–Kier alpha value is -1.88. The van der Waals surface area contributed by atoms with Crippen LogP contribution in [0.5, 0.6) is 0 Å². The van der Waals surface area contributed by atoms with Crippen LogP contribution in [0.4, 0.5) is 0 Å². The highest BCUT2D eigenvalue weighted by atomic mass is 16.5. The van der Waals surface area contributed by atoms with E-state index < -0.39 is 0 Å². The number of amides is 2. The van der Waals surface area contributed by atoms with Crippen LogP contribution in [0.3, 0.4) is 0 Å². The second kappa shape index (κ2) is 8.48. The molecule has 0 spiro atoms. The third-order valence-electron chi connectivity index (χ3n) is 5.15. The highest BCUT2D eigenvalue weighted by Crippen LogP contribution is 2.48. The average Bonchev–Trinajstić information content (AvgIpc) is 3.46. The smallest absolute Gasteiger partial charge is 0.248 e. The van der Waals surface area contributed by atoms with Gasteiger partial charge in [-0.25, -0.2) is 0 Å². The van der Waals surface area contributed by atoms with Crippen LogP contribution in [0.15, 0.2) is 30.3 Å². The second-order valence-corrected chi connectivity index (χ2v) is 6.97. The van der Waals surface area contributed by atoms with Crippen molar-refractivity contribution < 1.29 is 14.3 Å². The van der Waals surface area contributed by atoms with Gasteiger partial charge in [0.1, 0.15) is 6.61 Å². The van der Waals surface area contributed by atoms with Crippen LogP contribution in [-0.2, 0) is 14.3 Å². The number of benzene rings is 1. The summed E-state index contributed by atoms with van der Waals surface area (Å²) in [7, 11) is 0. The molecule has 136 valence electrons. The Labute approximate surface area is 149 Å². The van der Waals surface area contributed by atoms with E-state index in [2.05, 4.69) is 19.1 Å². The fourth-order valence-corrected chi connectivity index (χ4v) is 3.44. The number of nitrogens with zero attached hydrogens (tertiary/aromatic N) is 2. The van der Waals surface area contributed by atoms with Crippen molar-refractivity contribution >= 4 is 11.8 Å². The zero-order valence-electron chi connectivity index (χ0n) is 15.0. The van der Waals surface area contributed by atoms with Crippen LogP contribution < -0.4 is 0 Å². The molecule has 1 aromatic carbocycles. The van der Waals surface area contributed by atoms with Crippen LogP contribution in [-0.4, -0.2) is 61.0 Å². The van der Waals surface area contributed by atoms with E-state index in [0.717, 1.165) is 19.3 Å². The number of rotatable bonds is 7. The van der Waals surface area contributed by atoms with E-state index in [-0.39, 0.29) is 24.3 Å². The first-order valence-electron chi connectivity index (χ1n) is 9.40. The summed E-state index contributed by atoms with van der Waals surface area (Å²) in [6.07, 6.45) is 3.01. The van der Waals surface area contributed by atoms with E-state index in [1.807, 2.05) is 28.0 Å². The minimum Gasteiger partial charge on any atom is -0.372 e. The maximum atomic E-state index is 12.7. The molecular weight excluding hydrogens is 316 g/mol. The highest BCUT2D eigenvalue weighted by molar-refractivity contribution is 5.83. The van der Waals surface area contributed by atoms with Gasteiger partial charge in [0, 0.05) is 38.7 Å². The van der Waals surface area contributed by atoms with E-state index in [9.17, 15) is 9.59 Å². The topological polar surface area (TPSA) is 49.9 Å². The minimum absolute atomic E-state index is 0.0387. The van der Waals surface area contributed by atoms with Gasteiger partial charge in [-0.05, 0) is 24.3 Å². The van der Waals surface area contributed by atoms with E-state index in [1.165, 1.54) is 5.56 Å². The van der Waals surface area contributed by atoms with Crippen LogP contribution in [0, 0.1) is 5.92 Å². The molecule has 5 heteroatoms. The predicted octanol–water partition coefficient (Wildman–Crippen LogP) is 2.28. The van der Waals surface area contributed by atoms with Gasteiger partial charge in [-0.15, -0.1) is 0 Å². The van der Waals surface area contributed by atoms with Gasteiger partial charge < -0.3 is 14.5 Å². The number of hydrogen-bond acceptors (Lipinski definition) is 3. The molecule has 1 aliphatic carbocycles. The minimum atomic E-state index is 0.0387. The quantitative estimate of drug-likeness (QED) is 0.713. The largest absolute Gasteiger partial charge is 0.372 e. The lowest BCUT2D eigenvalue weighted by atomic mass is 10.1. The van der Waals surface area contributed by atoms with Gasteiger partial charge in [0.15, 0.2) is 0 Å². The molecule has 0 unspecified atom stereocenters. The van der Waals surface area contributed by atoms with Crippen molar-refractivity contribution in [2.24, 2.45) is 5.92 Å². The normalized spacial score (nSPS) is 22.8. The van der Waals surface area contributed by atoms with Crippen molar-refractivity contribution in [1.29, 1.82) is 0 Å². The third kappa shape index (κ3) is 4.60. The van der Waals surface area contributed by atoms with Crippen molar-refractivity contribution in [2.75, 3.05) is 39.4 Å². The van der Waals surface area contributed by atoms with E-state index >= 15 is 0 Å². The molecule has 2 fully saturated rings. The maximum Gasteiger partial charge on any atom is 0.248 e. The van der Waals surface area contributed by atoms with Crippen molar-refractivity contribution in [2.45, 2.75) is 32.1 Å². The van der Waals surface area contributed by atoms with Gasteiger partial charge in [-0.1, -0.05) is 43.7 Å². The molecule has 2 amide bonds. The van der Waals surface area contributed by atoms with E-state index in [0.29, 0.717) is 38.7 Å². The summed E-state index contributed by atoms with van der Waals surface area (Å²) in [6, 6.07) is 10.3. The zero-order chi connectivity index (χ0) is 17.6. The lowest BCUT2D eigenvalue weighted by Gasteiger charge is -2.35. The summed E-state index contributed by atoms with van der Waals surface area (Å²) in [4.78, 5) is 28.5. The second-order valence-electron chi connectivity index (χ2n) is 6.97. The Kier molecular flexibility index (Phi) is 6.08. The Morgan fingerprint density at radius 2 is 1.76 bits per heavy atom. The summed E-state index contributed by atoms with van der Waals surface area (Å²) in [5.74, 6) is 0.791. The number of ether oxygens (including phenoxy) is 1. The van der Waals surface area contributed by atoms with Crippen molar-refractivity contribution in [3.63, 3.8) is 0 Å². The Morgan fingerprint density at radius 1 is 1.08 bits per heavy atom. The van der Waals surface area contributed by atoms with Gasteiger partial charge >= 0.3 is 0 Å². The molecule has 1 saturated carbocycles. The number of piperazine rings is 1. The molecule has 0 aromatic heterocycles. The lowest BCUT2D eigenvalue weighted by molar-refractivity contribution is -0.143. The SMILES string of the molecule is CCCCOCC(=O)N1CCN(C(=O)[C@@H]2C[C@H]2c2ccccc2)CC1. The van der Waals surface area contributed by atoms with Crippen molar-refractivity contribution in [3.05, 3.63) is 35.9 Å².